The minimum absolute atomic E-state index is 0.0284. The van der Waals surface area contributed by atoms with E-state index in [1.807, 2.05) is 0 Å². The fourth-order valence-corrected chi connectivity index (χ4v) is 4.58. The predicted molar refractivity (Wildman–Crippen MR) is 71.3 cm³/mol. The Bertz CT molecular complexity index is 404. The summed E-state index contributed by atoms with van der Waals surface area (Å²) in [5, 5.41) is 1.78. The van der Waals surface area contributed by atoms with Crippen molar-refractivity contribution in [2.75, 3.05) is 7.11 Å². The summed E-state index contributed by atoms with van der Waals surface area (Å²) in [4.78, 5) is 11.1. The molecule has 0 aliphatic rings. The average Bonchev–Trinajstić information content (AvgIpc) is 2.77. The second-order valence-electron chi connectivity index (χ2n) is 3.39. The monoisotopic (exact) mass is 314 g/mol. The lowest BCUT2D eigenvalue weighted by Gasteiger charge is -2.26. The number of carbonyl (C=O) groups is 1. The van der Waals surface area contributed by atoms with Crippen molar-refractivity contribution in [3.8, 4) is 0 Å². The van der Waals surface area contributed by atoms with Crippen LogP contribution in [0.3, 0.4) is 0 Å². The summed E-state index contributed by atoms with van der Waals surface area (Å²) in [6, 6.07) is 3.44. The normalized spacial score (nSPS) is 15.5. The van der Waals surface area contributed by atoms with E-state index in [4.69, 9.17) is 27.9 Å². The van der Waals surface area contributed by atoms with E-state index in [2.05, 4.69) is 0 Å². The fraction of sp³-hybridized carbons (Fsp3) is 0.500. The third-order valence-electron chi connectivity index (χ3n) is 2.06. The first-order chi connectivity index (χ1) is 7.89. The minimum Gasteiger partial charge on any atom is -0.377 e. The summed E-state index contributed by atoms with van der Waals surface area (Å²) >= 11 is 13.5. The van der Waals surface area contributed by atoms with Gasteiger partial charge in [0.15, 0.2) is 0 Å². The Morgan fingerprint density at radius 3 is 2.71 bits per heavy atom. The molecule has 1 aromatic heterocycles. The number of methoxy groups -OCH3 is 1. The molecule has 0 amide bonds. The van der Waals surface area contributed by atoms with E-state index in [1.54, 1.807) is 17.5 Å². The second-order valence-corrected chi connectivity index (χ2v) is 8.05. The molecule has 96 valence electrons. The maximum atomic E-state index is 12.2. The molecule has 0 aromatic carbocycles. The maximum absolute atomic E-state index is 12.2. The van der Waals surface area contributed by atoms with Crippen LogP contribution >= 0.6 is 34.5 Å². The van der Waals surface area contributed by atoms with Crippen molar-refractivity contribution < 1.29 is 13.7 Å². The first kappa shape index (κ1) is 15.1. The van der Waals surface area contributed by atoms with Crippen LogP contribution in [-0.4, -0.2) is 26.9 Å². The lowest BCUT2D eigenvalue weighted by Crippen LogP contribution is -2.38. The summed E-state index contributed by atoms with van der Waals surface area (Å²) in [5.41, 5.74) is 0. The highest BCUT2D eigenvalue weighted by Crippen LogP contribution is 2.38. The molecule has 2 atom stereocenters. The van der Waals surface area contributed by atoms with E-state index in [1.165, 1.54) is 25.4 Å². The van der Waals surface area contributed by atoms with Crippen LogP contribution in [0.25, 0.3) is 0 Å². The number of hydrogen-bond acceptors (Lipinski definition) is 4. The first-order valence-electron chi connectivity index (χ1n) is 4.75. The van der Waals surface area contributed by atoms with Gasteiger partial charge in [-0.05, 0) is 18.4 Å². The zero-order valence-electron chi connectivity index (χ0n) is 9.31. The molecule has 0 spiro atoms. The smallest absolute Gasteiger partial charge is 0.223 e. The van der Waals surface area contributed by atoms with E-state index in [-0.39, 0.29) is 12.2 Å². The molecule has 17 heavy (non-hydrogen) atoms. The van der Waals surface area contributed by atoms with Crippen molar-refractivity contribution >= 4 is 51.1 Å². The van der Waals surface area contributed by atoms with E-state index >= 15 is 0 Å². The molecule has 0 aliphatic heterocycles. The maximum Gasteiger partial charge on any atom is 0.223 e. The predicted octanol–water partition coefficient (Wildman–Crippen LogP) is 2.98. The van der Waals surface area contributed by atoms with Gasteiger partial charge in [0, 0.05) is 13.5 Å². The Hall–Kier alpha value is 0.0600. The van der Waals surface area contributed by atoms with Crippen LogP contribution in [0.1, 0.15) is 13.3 Å². The summed E-state index contributed by atoms with van der Waals surface area (Å²) in [6.45, 7) is 1.41. The van der Waals surface area contributed by atoms with Gasteiger partial charge in [0.1, 0.15) is 22.7 Å². The Morgan fingerprint density at radius 1 is 1.65 bits per heavy atom. The van der Waals surface area contributed by atoms with Crippen LogP contribution in [0.4, 0.5) is 0 Å². The van der Waals surface area contributed by atoms with Gasteiger partial charge in [-0.15, -0.1) is 11.3 Å². The van der Waals surface area contributed by atoms with E-state index in [9.17, 15) is 9.00 Å². The number of ether oxygens (including phenoxy) is 1. The van der Waals surface area contributed by atoms with Gasteiger partial charge in [-0.3, -0.25) is 9.00 Å². The number of rotatable bonds is 6. The summed E-state index contributed by atoms with van der Waals surface area (Å²) < 4.78 is 16.2. The van der Waals surface area contributed by atoms with Crippen molar-refractivity contribution in [2.24, 2.45) is 0 Å². The van der Waals surface area contributed by atoms with E-state index < -0.39 is 20.6 Å². The topological polar surface area (TPSA) is 43.4 Å². The number of alkyl halides is 2. The SMILES string of the molecule is COC(CC(C)=O)C(Cl)(Cl)S(=O)c1cccs1. The zero-order chi connectivity index (χ0) is 13.1. The first-order valence-corrected chi connectivity index (χ1v) is 7.53. The van der Waals surface area contributed by atoms with Crippen molar-refractivity contribution in [3.63, 3.8) is 0 Å². The number of Topliss-reactive ketones (excluding diaryl/α,β-unsaturated/α-hetero) is 1. The van der Waals surface area contributed by atoms with Crippen molar-refractivity contribution in [3.05, 3.63) is 17.5 Å². The van der Waals surface area contributed by atoms with Gasteiger partial charge >= 0.3 is 0 Å². The highest BCUT2D eigenvalue weighted by Gasteiger charge is 2.43. The van der Waals surface area contributed by atoms with Gasteiger partial charge < -0.3 is 4.74 Å². The Morgan fingerprint density at radius 2 is 2.29 bits per heavy atom. The number of ketones is 1. The van der Waals surface area contributed by atoms with Crippen LogP contribution < -0.4 is 0 Å². The molecule has 0 fully saturated rings. The fourth-order valence-electron chi connectivity index (χ4n) is 1.22. The van der Waals surface area contributed by atoms with Crippen LogP contribution in [0, 0.1) is 0 Å². The van der Waals surface area contributed by atoms with Gasteiger partial charge in [0.05, 0.1) is 4.21 Å². The van der Waals surface area contributed by atoms with Crippen LogP contribution in [0.15, 0.2) is 21.7 Å². The summed E-state index contributed by atoms with van der Waals surface area (Å²) in [7, 11) is -0.249. The Balaban J connectivity index is 2.91. The van der Waals surface area contributed by atoms with Crippen molar-refractivity contribution in [1.82, 2.24) is 0 Å². The largest absolute Gasteiger partial charge is 0.377 e. The third-order valence-corrected chi connectivity index (χ3v) is 6.05. The highest BCUT2D eigenvalue weighted by atomic mass is 35.5. The van der Waals surface area contributed by atoms with Gasteiger partial charge in [0.2, 0.25) is 3.67 Å². The molecular weight excluding hydrogens is 303 g/mol. The molecule has 3 nitrogen and oxygen atoms in total. The molecular formula is C10H12Cl2O3S2. The average molecular weight is 315 g/mol. The molecule has 0 bridgehead atoms. The lowest BCUT2D eigenvalue weighted by molar-refractivity contribution is -0.119. The molecule has 0 aliphatic carbocycles. The number of halogens is 2. The molecule has 0 saturated carbocycles. The van der Waals surface area contributed by atoms with Gasteiger partial charge in [-0.2, -0.15) is 0 Å². The van der Waals surface area contributed by atoms with E-state index in [0.29, 0.717) is 4.21 Å². The quantitative estimate of drug-likeness (QED) is 0.758. The van der Waals surface area contributed by atoms with Gasteiger partial charge in [-0.1, -0.05) is 29.3 Å². The minimum atomic E-state index is -1.64. The molecule has 0 saturated heterocycles. The Labute approximate surface area is 117 Å². The number of thiophene rings is 1. The molecule has 1 aromatic rings. The van der Waals surface area contributed by atoms with Crippen molar-refractivity contribution in [2.45, 2.75) is 27.3 Å². The van der Waals surface area contributed by atoms with Crippen LogP contribution in [0.2, 0.25) is 0 Å². The molecule has 1 rings (SSSR count). The molecule has 1 heterocycles. The lowest BCUT2D eigenvalue weighted by atomic mass is 10.2. The van der Waals surface area contributed by atoms with Gasteiger partial charge in [0.25, 0.3) is 0 Å². The molecule has 2 unspecified atom stereocenters. The highest BCUT2D eigenvalue weighted by molar-refractivity contribution is 7.91. The molecule has 7 heteroatoms. The molecule has 0 N–H and O–H groups in total. The number of carbonyl (C=O) groups excluding carboxylic acids is 1. The Kier molecular flexibility index (Phi) is 5.60. The van der Waals surface area contributed by atoms with Crippen LogP contribution in [0.5, 0.6) is 0 Å². The second kappa shape index (κ2) is 6.29. The molecule has 0 radical (unpaired) electrons. The van der Waals surface area contributed by atoms with Crippen LogP contribution in [-0.2, 0) is 20.3 Å². The zero-order valence-corrected chi connectivity index (χ0v) is 12.5. The summed E-state index contributed by atoms with van der Waals surface area (Å²) in [6.07, 6.45) is -0.771. The standard InChI is InChI=1S/C10H12Cl2O3S2/c1-7(13)6-8(15-2)10(11,12)17(14)9-4-3-5-16-9/h3-5,8H,6H2,1-2H3. The summed E-state index contributed by atoms with van der Waals surface area (Å²) in [5.74, 6) is -0.120. The number of hydrogen-bond donors (Lipinski definition) is 0. The van der Waals surface area contributed by atoms with Gasteiger partial charge in [-0.25, -0.2) is 0 Å². The third kappa shape index (κ3) is 3.76. The van der Waals surface area contributed by atoms with E-state index in [0.717, 1.165) is 0 Å². The van der Waals surface area contributed by atoms with Crippen molar-refractivity contribution in [1.29, 1.82) is 0 Å².